The summed E-state index contributed by atoms with van der Waals surface area (Å²) in [6, 6.07) is 13.0. The number of piperidine rings is 1. The van der Waals surface area contributed by atoms with Gasteiger partial charge >= 0.3 is 0 Å². The Kier molecular flexibility index (Phi) is 5.38. The lowest BCUT2D eigenvalue weighted by Gasteiger charge is -2.38. The minimum Gasteiger partial charge on any atom is -0.356 e. The molecule has 2 aliphatic heterocycles. The summed E-state index contributed by atoms with van der Waals surface area (Å²) in [5, 5.41) is 3.62. The van der Waals surface area contributed by atoms with Crippen LogP contribution in [0.3, 0.4) is 0 Å². The Balaban J connectivity index is 1.40. The van der Waals surface area contributed by atoms with Crippen LogP contribution in [0.5, 0.6) is 0 Å². The summed E-state index contributed by atoms with van der Waals surface area (Å²) in [4.78, 5) is 12.1. The monoisotopic (exact) mass is 394 g/mol. The summed E-state index contributed by atoms with van der Waals surface area (Å²) in [6.07, 6.45) is 8.08. The molecule has 2 aromatic rings. The number of rotatable bonds is 4. The van der Waals surface area contributed by atoms with Crippen LogP contribution in [0.4, 0.5) is 11.8 Å². The molecule has 29 heavy (non-hydrogen) atoms. The van der Waals surface area contributed by atoms with Crippen LogP contribution < -0.4 is 10.2 Å². The Bertz CT molecular complexity index is 807. The van der Waals surface area contributed by atoms with Gasteiger partial charge in [0.05, 0.1) is 18.9 Å². The number of hydrogen-bond donors (Lipinski definition) is 1. The molecule has 154 valence electrons. The third-order valence-electron chi connectivity index (χ3n) is 6.38. The predicted molar refractivity (Wildman–Crippen MR) is 114 cm³/mol. The normalized spacial score (nSPS) is 22.1. The van der Waals surface area contributed by atoms with Crippen molar-refractivity contribution in [3.63, 3.8) is 0 Å². The predicted octanol–water partition coefficient (Wildman–Crippen LogP) is 4.23. The lowest BCUT2D eigenvalue weighted by Crippen LogP contribution is -2.45. The standard InChI is InChI=1S/C23H30N4O2/c1-3-7-18(8-4-1)20-17-21(26-22(25-20)24-19-9-5-2-6-10-19)27-13-11-23(12-14-27)28-15-16-29-23/h1,3-4,7-8,17,19H,2,5-6,9-16H2,(H,24,25,26). The van der Waals surface area contributed by atoms with Gasteiger partial charge < -0.3 is 19.7 Å². The van der Waals surface area contributed by atoms with Gasteiger partial charge in [0.15, 0.2) is 5.79 Å². The Hall–Kier alpha value is -2.18. The number of benzene rings is 1. The van der Waals surface area contributed by atoms with Crippen molar-refractivity contribution in [1.29, 1.82) is 0 Å². The molecule has 3 fully saturated rings. The van der Waals surface area contributed by atoms with E-state index in [0.29, 0.717) is 19.3 Å². The maximum Gasteiger partial charge on any atom is 0.225 e. The third-order valence-corrected chi connectivity index (χ3v) is 6.38. The zero-order valence-electron chi connectivity index (χ0n) is 17.0. The second-order valence-corrected chi connectivity index (χ2v) is 8.37. The molecule has 1 saturated carbocycles. The number of hydrogen-bond acceptors (Lipinski definition) is 6. The first-order valence-corrected chi connectivity index (χ1v) is 11.0. The number of anilines is 2. The Labute approximate surface area is 172 Å². The van der Waals surface area contributed by atoms with Crippen molar-refractivity contribution < 1.29 is 9.47 Å². The average Bonchev–Trinajstić information content (AvgIpc) is 3.23. The summed E-state index contributed by atoms with van der Waals surface area (Å²) < 4.78 is 11.8. The van der Waals surface area contributed by atoms with E-state index < -0.39 is 0 Å². The van der Waals surface area contributed by atoms with Crippen molar-refractivity contribution in [1.82, 2.24) is 9.97 Å². The van der Waals surface area contributed by atoms with Crippen molar-refractivity contribution in [3.05, 3.63) is 36.4 Å². The van der Waals surface area contributed by atoms with Gasteiger partial charge in [-0.15, -0.1) is 0 Å². The fraction of sp³-hybridized carbons (Fsp3) is 0.565. The molecule has 1 aromatic heterocycles. The molecule has 2 saturated heterocycles. The van der Waals surface area contributed by atoms with E-state index in [1.807, 2.05) is 6.07 Å². The van der Waals surface area contributed by atoms with E-state index >= 15 is 0 Å². The van der Waals surface area contributed by atoms with Crippen molar-refractivity contribution in [2.45, 2.75) is 56.8 Å². The van der Waals surface area contributed by atoms with Crippen LogP contribution in [0, 0.1) is 0 Å². The third kappa shape index (κ3) is 4.23. The SMILES string of the molecule is c1ccc(-c2cc(N3CCC4(CC3)OCCO4)nc(NC3CCCCC3)n2)cc1. The summed E-state index contributed by atoms with van der Waals surface area (Å²) in [7, 11) is 0. The molecule has 0 unspecified atom stereocenters. The van der Waals surface area contributed by atoms with Crippen LogP contribution in [0.15, 0.2) is 36.4 Å². The van der Waals surface area contributed by atoms with Gasteiger partial charge in [-0.25, -0.2) is 4.98 Å². The molecule has 6 nitrogen and oxygen atoms in total. The molecular formula is C23H30N4O2. The fourth-order valence-electron chi connectivity index (χ4n) is 4.71. The van der Waals surface area contributed by atoms with E-state index in [2.05, 4.69) is 40.5 Å². The lowest BCUT2D eigenvalue weighted by molar-refractivity contribution is -0.169. The number of aromatic nitrogens is 2. The Morgan fingerprint density at radius 1 is 0.931 bits per heavy atom. The minimum absolute atomic E-state index is 0.366. The maximum atomic E-state index is 5.89. The summed E-state index contributed by atoms with van der Waals surface area (Å²) >= 11 is 0. The van der Waals surface area contributed by atoms with Gasteiger partial charge in [0.1, 0.15) is 5.82 Å². The van der Waals surface area contributed by atoms with Crippen LogP contribution in [0.2, 0.25) is 0 Å². The highest BCUT2D eigenvalue weighted by molar-refractivity contribution is 5.65. The fourth-order valence-corrected chi connectivity index (χ4v) is 4.71. The maximum absolute atomic E-state index is 5.89. The molecule has 0 amide bonds. The molecule has 5 rings (SSSR count). The molecule has 1 aromatic carbocycles. The summed E-state index contributed by atoms with van der Waals surface area (Å²) in [5.41, 5.74) is 2.10. The zero-order valence-corrected chi connectivity index (χ0v) is 17.0. The molecule has 0 bridgehead atoms. The number of nitrogens with zero attached hydrogens (tertiary/aromatic N) is 3. The Morgan fingerprint density at radius 2 is 1.66 bits per heavy atom. The van der Waals surface area contributed by atoms with Crippen LogP contribution in [0.1, 0.15) is 44.9 Å². The van der Waals surface area contributed by atoms with Crippen molar-refractivity contribution >= 4 is 11.8 Å². The smallest absolute Gasteiger partial charge is 0.225 e. The molecule has 6 heteroatoms. The topological polar surface area (TPSA) is 59.5 Å². The van der Waals surface area contributed by atoms with E-state index in [0.717, 1.165) is 49.0 Å². The van der Waals surface area contributed by atoms with Gasteiger partial charge in [0.25, 0.3) is 0 Å². The van der Waals surface area contributed by atoms with Crippen LogP contribution >= 0.6 is 0 Å². The van der Waals surface area contributed by atoms with Crippen LogP contribution in [-0.2, 0) is 9.47 Å². The molecular weight excluding hydrogens is 364 g/mol. The van der Waals surface area contributed by atoms with Crippen LogP contribution in [0.25, 0.3) is 11.3 Å². The van der Waals surface area contributed by atoms with Gasteiger partial charge in [-0.1, -0.05) is 49.6 Å². The van der Waals surface area contributed by atoms with E-state index in [-0.39, 0.29) is 5.79 Å². The van der Waals surface area contributed by atoms with Crippen molar-refractivity contribution in [3.8, 4) is 11.3 Å². The molecule has 0 radical (unpaired) electrons. The van der Waals surface area contributed by atoms with Gasteiger partial charge in [-0.2, -0.15) is 4.98 Å². The highest BCUT2D eigenvalue weighted by atomic mass is 16.7. The van der Waals surface area contributed by atoms with E-state index in [4.69, 9.17) is 19.4 Å². The number of nitrogens with one attached hydrogen (secondary N) is 1. The highest BCUT2D eigenvalue weighted by Gasteiger charge is 2.40. The summed E-state index contributed by atoms with van der Waals surface area (Å²) in [5.74, 6) is 1.38. The molecule has 3 aliphatic rings. The zero-order chi connectivity index (χ0) is 19.5. The van der Waals surface area contributed by atoms with Crippen molar-refractivity contribution in [2.24, 2.45) is 0 Å². The largest absolute Gasteiger partial charge is 0.356 e. The quantitative estimate of drug-likeness (QED) is 0.837. The second kappa shape index (κ2) is 8.28. The first-order valence-electron chi connectivity index (χ1n) is 11.0. The van der Waals surface area contributed by atoms with Crippen molar-refractivity contribution in [2.75, 3.05) is 36.5 Å². The van der Waals surface area contributed by atoms with E-state index in [9.17, 15) is 0 Å². The first kappa shape index (κ1) is 18.8. The minimum atomic E-state index is -0.366. The number of ether oxygens (including phenoxy) is 2. The summed E-state index contributed by atoms with van der Waals surface area (Å²) in [6.45, 7) is 3.18. The van der Waals surface area contributed by atoms with Gasteiger partial charge in [-0.05, 0) is 12.8 Å². The average molecular weight is 395 g/mol. The van der Waals surface area contributed by atoms with E-state index in [1.165, 1.54) is 32.1 Å². The molecule has 3 heterocycles. The van der Waals surface area contributed by atoms with Gasteiger partial charge in [-0.3, -0.25) is 0 Å². The molecule has 1 spiro atoms. The van der Waals surface area contributed by atoms with Gasteiger partial charge in [0.2, 0.25) is 5.95 Å². The van der Waals surface area contributed by atoms with Gasteiger partial charge in [0, 0.05) is 43.6 Å². The van der Waals surface area contributed by atoms with Crippen LogP contribution in [-0.4, -0.2) is 48.1 Å². The highest BCUT2D eigenvalue weighted by Crippen LogP contribution is 2.34. The lowest BCUT2D eigenvalue weighted by atomic mass is 9.96. The Morgan fingerprint density at radius 3 is 2.38 bits per heavy atom. The van der Waals surface area contributed by atoms with E-state index in [1.54, 1.807) is 0 Å². The molecule has 0 atom stereocenters. The second-order valence-electron chi connectivity index (χ2n) is 8.37. The molecule has 1 N–H and O–H groups in total. The molecule has 1 aliphatic carbocycles. The first-order chi connectivity index (χ1) is 14.3.